The molecule has 0 saturated heterocycles. The maximum absolute atomic E-state index is 6.54. The lowest BCUT2D eigenvalue weighted by Crippen LogP contribution is -2.15. The molecule has 2 rings (SSSR count). The fourth-order valence-corrected chi connectivity index (χ4v) is 2.86. The van der Waals surface area contributed by atoms with E-state index in [0.717, 1.165) is 17.1 Å². The molecule has 0 saturated carbocycles. The average molecular weight is 285 g/mol. The second-order valence-electron chi connectivity index (χ2n) is 6.54. The largest absolute Gasteiger partial charge is 0.466 e. The molecule has 1 atom stereocenters. The number of hydrogen-bond acceptors (Lipinski definition) is 2. The van der Waals surface area contributed by atoms with Gasteiger partial charge in [-0.25, -0.2) is 0 Å². The molecule has 1 unspecified atom stereocenters. The predicted molar refractivity (Wildman–Crippen MR) is 88.8 cm³/mol. The quantitative estimate of drug-likeness (QED) is 0.839. The van der Waals surface area contributed by atoms with Gasteiger partial charge in [0.25, 0.3) is 0 Å². The summed E-state index contributed by atoms with van der Waals surface area (Å²) in [6.07, 6.45) is 0. The molecule has 1 aromatic heterocycles. The molecular weight excluding hydrogens is 258 g/mol. The van der Waals surface area contributed by atoms with Gasteiger partial charge < -0.3 is 10.2 Å². The highest BCUT2D eigenvalue weighted by atomic mass is 16.3. The summed E-state index contributed by atoms with van der Waals surface area (Å²) in [6.45, 7) is 12.9. The fraction of sp³-hybridized carbons (Fsp3) is 0.474. The Kier molecular flexibility index (Phi) is 4.58. The second kappa shape index (κ2) is 6.07. The molecule has 0 aliphatic rings. The van der Waals surface area contributed by atoms with Crippen molar-refractivity contribution in [2.24, 2.45) is 5.73 Å². The molecule has 1 heterocycles. The zero-order valence-electron chi connectivity index (χ0n) is 14.0. The van der Waals surface area contributed by atoms with Crippen LogP contribution >= 0.6 is 0 Å². The first-order valence-corrected chi connectivity index (χ1v) is 7.77. The molecule has 0 spiro atoms. The van der Waals surface area contributed by atoms with Crippen LogP contribution in [0.1, 0.15) is 79.3 Å². The Labute approximate surface area is 128 Å². The molecule has 0 aliphatic carbocycles. The summed E-state index contributed by atoms with van der Waals surface area (Å²) >= 11 is 0. The van der Waals surface area contributed by atoms with Gasteiger partial charge >= 0.3 is 0 Å². The summed E-state index contributed by atoms with van der Waals surface area (Å²) in [4.78, 5) is 0. The highest BCUT2D eigenvalue weighted by molar-refractivity contribution is 5.42. The molecule has 21 heavy (non-hydrogen) atoms. The van der Waals surface area contributed by atoms with Crippen LogP contribution in [0.2, 0.25) is 0 Å². The van der Waals surface area contributed by atoms with Gasteiger partial charge in [0.2, 0.25) is 0 Å². The highest BCUT2D eigenvalue weighted by Gasteiger charge is 2.20. The van der Waals surface area contributed by atoms with Gasteiger partial charge in [0, 0.05) is 5.56 Å². The lowest BCUT2D eigenvalue weighted by molar-refractivity contribution is 0.499. The Morgan fingerprint density at radius 1 is 0.857 bits per heavy atom. The third-order valence-corrected chi connectivity index (χ3v) is 4.15. The van der Waals surface area contributed by atoms with Crippen molar-refractivity contribution in [3.05, 3.63) is 58.0 Å². The number of aryl methyl sites for hydroxylation is 2. The van der Waals surface area contributed by atoms with Gasteiger partial charge in [-0.15, -0.1) is 0 Å². The van der Waals surface area contributed by atoms with Crippen molar-refractivity contribution in [2.75, 3.05) is 0 Å². The third kappa shape index (κ3) is 3.21. The van der Waals surface area contributed by atoms with Gasteiger partial charge in [-0.1, -0.05) is 45.9 Å². The Morgan fingerprint density at radius 2 is 1.52 bits per heavy atom. The van der Waals surface area contributed by atoms with Crippen LogP contribution in [0.4, 0.5) is 0 Å². The number of hydrogen-bond donors (Lipinski definition) is 1. The summed E-state index contributed by atoms with van der Waals surface area (Å²) in [5, 5.41) is 0. The van der Waals surface area contributed by atoms with Crippen LogP contribution in [0, 0.1) is 13.8 Å². The summed E-state index contributed by atoms with van der Waals surface area (Å²) in [5.74, 6) is 2.83. The lowest BCUT2D eigenvalue weighted by Gasteiger charge is -2.20. The maximum atomic E-state index is 6.54. The molecular formula is C19H27NO. The number of furan rings is 1. The Hall–Kier alpha value is -1.54. The summed E-state index contributed by atoms with van der Waals surface area (Å²) in [6, 6.07) is 8.64. The van der Waals surface area contributed by atoms with Crippen LogP contribution in [0.3, 0.4) is 0 Å². The standard InChI is InChI=1S/C19H27NO/c1-11(2)15-7-8-16(17(10-15)12(3)4)19(20)18-9-13(5)21-14(18)6/h7-12,19H,20H2,1-6H3. The first kappa shape index (κ1) is 15.8. The summed E-state index contributed by atoms with van der Waals surface area (Å²) in [5.41, 5.74) is 11.5. The summed E-state index contributed by atoms with van der Waals surface area (Å²) < 4.78 is 5.64. The van der Waals surface area contributed by atoms with Crippen molar-refractivity contribution >= 4 is 0 Å². The van der Waals surface area contributed by atoms with Gasteiger partial charge in [0.1, 0.15) is 11.5 Å². The Morgan fingerprint density at radius 3 is 2.00 bits per heavy atom. The smallest absolute Gasteiger partial charge is 0.106 e. The van der Waals surface area contributed by atoms with E-state index in [2.05, 4.69) is 52.0 Å². The molecule has 2 N–H and O–H groups in total. The van der Waals surface area contributed by atoms with E-state index in [9.17, 15) is 0 Å². The van der Waals surface area contributed by atoms with E-state index >= 15 is 0 Å². The first-order chi connectivity index (χ1) is 9.81. The van der Waals surface area contributed by atoms with Gasteiger partial charge in [-0.2, -0.15) is 0 Å². The van der Waals surface area contributed by atoms with E-state index in [-0.39, 0.29) is 6.04 Å². The van der Waals surface area contributed by atoms with Crippen molar-refractivity contribution in [2.45, 2.75) is 59.4 Å². The van der Waals surface area contributed by atoms with Crippen LogP contribution < -0.4 is 5.73 Å². The molecule has 0 amide bonds. The molecule has 0 fully saturated rings. The number of benzene rings is 1. The monoisotopic (exact) mass is 285 g/mol. The van der Waals surface area contributed by atoms with Gasteiger partial charge in [0.15, 0.2) is 0 Å². The van der Waals surface area contributed by atoms with Crippen molar-refractivity contribution in [1.29, 1.82) is 0 Å². The van der Waals surface area contributed by atoms with Gasteiger partial charge in [-0.05, 0) is 48.4 Å². The average Bonchev–Trinajstić information content (AvgIpc) is 2.76. The van der Waals surface area contributed by atoms with Crippen molar-refractivity contribution in [3.8, 4) is 0 Å². The zero-order valence-corrected chi connectivity index (χ0v) is 14.0. The van der Waals surface area contributed by atoms with Crippen LogP contribution in [0.5, 0.6) is 0 Å². The summed E-state index contributed by atoms with van der Waals surface area (Å²) in [7, 11) is 0. The fourth-order valence-electron chi connectivity index (χ4n) is 2.86. The van der Waals surface area contributed by atoms with Crippen molar-refractivity contribution in [3.63, 3.8) is 0 Å². The predicted octanol–water partition coefficient (Wildman–Crippen LogP) is 5.19. The molecule has 114 valence electrons. The number of rotatable bonds is 4. The van der Waals surface area contributed by atoms with E-state index in [1.165, 1.54) is 16.7 Å². The van der Waals surface area contributed by atoms with E-state index < -0.39 is 0 Å². The molecule has 1 aromatic carbocycles. The van der Waals surface area contributed by atoms with E-state index in [4.69, 9.17) is 10.2 Å². The molecule has 0 aliphatic heterocycles. The highest BCUT2D eigenvalue weighted by Crippen LogP contribution is 2.32. The first-order valence-electron chi connectivity index (χ1n) is 7.77. The molecule has 2 nitrogen and oxygen atoms in total. The maximum Gasteiger partial charge on any atom is 0.106 e. The van der Waals surface area contributed by atoms with E-state index in [0.29, 0.717) is 11.8 Å². The van der Waals surface area contributed by atoms with Crippen LogP contribution in [-0.4, -0.2) is 0 Å². The van der Waals surface area contributed by atoms with E-state index in [1.807, 2.05) is 13.8 Å². The Balaban J connectivity index is 2.50. The number of nitrogens with two attached hydrogens (primary N) is 1. The van der Waals surface area contributed by atoms with Gasteiger partial charge in [0.05, 0.1) is 6.04 Å². The van der Waals surface area contributed by atoms with Crippen LogP contribution in [-0.2, 0) is 0 Å². The minimum absolute atomic E-state index is 0.124. The van der Waals surface area contributed by atoms with Gasteiger partial charge in [-0.3, -0.25) is 0 Å². The van der Waals surface area contributed by atoms with Crippen molar-refractivity contribution in [1.82, 2.24) is 0 Å². The SMILES string of the molecule is Cc1cc(C(N)c2ccc(C(C)C)cc2C(C)C)c(C)o1. The van der Waals surface area contributed by atoms with Crippen LogP contribution in [0.25, 0.3) is 0 Å². The lowest BCUT2D eigenvalue weighted by atomic mass is 9.87. The normalized spacial score (nSPS) is 13.2. The second-order valence-corrected chi connectivity index (χ2v) is 6.54. The Bertz CT molecular complexity index is 622. The molecule has 0 radical (unpaired) electrons. The van der Waals surface area contributed by atoms with Crippen molar-refractivity contribution < 1.29 is 4.42 Å². The van der Waals surface area contributed by atoms with Crippen LogP contribution in [0.15, 0.2) is 28.7 Å². The molecule has 2 aromatic rings. The molecule has 2 heteroatoms. The zero-order chi connectivity index (χ0) is 15.7. The topological polar surface area (TPSA) is 39.2 Å². The molecule has 0 bridgehead atoms. The third-order valence-electron chi connectivity index (χ3n) is 4.15. The minimum atomic E-state index is -0.124. The van der Waals surface area contributed by atoms with E-state index in [1.54, 1.807) is 0 Å². The minimum Gasteiger partial charge on any atom is -0.466 e.